The van der Waals surface area contributed by atoms with Crippen LogP contribution in [-0.2, 0) is 4.74 Å². The molecule has 6 heteroatoms. The van der Waals surface area contributed by atoms with Crippen molar-refractivity contribution in [1.82, 2.24) is 0 Å². The number of nitro benzene ring substituents is 1. The average Bonchev–Trinajstić information content (AvgIpc) is 2.46. The number of anilines is 1. The first-order valence-electron chi connectivity index (χ1n) is 6.12. The zero-order valence-corrected chi connectivity index (χ0v) is 10.7. The maximum atomic E-state index is 10.8. The highest BCUT2D eigenvalue weighted by Crippen LogP contribution is 2.26. The molecular weight excluding hydrogens is 246 g/mol. The van der Waals surface area contributed by atoms with Gasteiger partial charge in [0, 0.05) is 38.1 Å². The summed E-state index contributed by atoms with van der Waals surface area (Å²) in [6.45, 7) is 1.46. The summed E-state index contributed by atoms with van der Waals surface area (Å²) >= 11 is 0. The van der Waals surface area contributed by atoms with E-state index in [1.54, 1.807) is 12.1 Å². The predicted molar refractivity (Wildman–Crippen MR) is 70.1 cm³/mol. The minimum absolute atomic E-state index is 0.0985. The van der Waals surface area contributed by atoms with Gasteiger partial charge in [-0.25, -0.2) is 0 Å². The lowest BCUT2D eigenvalue weighted by molar-refractivity contribution is -0.385. The van der Waals surface area contributed by atoms with Gasteiger partial charge in [-0.3, -0.25) is 10.1 Å². The SMILES string of the molecule is CN(c1ccc([N+](=O)[O-])c(C#N)c1)C1CCOCC1. The van der Waals surface area contributed by atoms with Crippen molar-refractivity contribution < 1.29 is 9.66 Å². The lowest BCUT2D eigenvalue weighted by Crippen LogP contribution is -2.36. The van der Waals surface area contributed by atoms with Crippen molar-refractivity contribution in [3.63, 3.8) is 0 Å². The number of nitriles is 1. The Hall–Kier alpha value is -2.13. The molecule has 100 valence electrons. The predicted octanol–water partition coefficient (Wildman–Crippen LogP) is 2.08. The first kappa shape index (κ1) is 13.3. The fourth-order valence-electron chi connectivity index (χ4n) is 2.28. The molecule has 1 saturated heterocycles. The maximum absolute atomic E-state index is 10.8. The van der Waals surface area contributed by atoms with Crippen molar-refractivity contribution in [3.8, 4) is 6.07 Å². The minimum atomic E-state index is -0.531. The van der Waals surface area contributed by atoms with Crippen LogP contribution in [0.5, 0.6) is 0 Å². The Balaban J connectivity index is 2.25. The molecule has 2 rings (SSSR count). The molecule has 19 heavy (non-hydrogen) atoms. The van der Waals surface area contributed by atoms with E-state index >= 15 is 0 Å². The van der Waals surface area contributed by atoms with Gasteiger partial charge in [-0.05, 0) is 25.0 Å². The van der Waals surface area contributed by atoms with E-state index in [4.69, 9.17) is 10.00 Å². The fraction of sp³-hybridized carbons (Fsp3) is 0.462. The normalized spacial score (nSPS) is 15.8. The van der Waals surface area contributed by atoms with E-state index < -0.39 is 4.92 Å². The second kappa shape index (κ2) is 5.67. The standard InChI is InChI=1S/C13H15N3O3/c1-15(11-4-6-19-7-5-11)12-2-3-13(16(17)18)10(8-12)9-14/h2-3,8,11H,4-7H2,1H3. The molecule has 0 spiro atoms. The van der Waals surface area contributed by atoms with Crippen molar-refractivity contribution in [3.05, 3.63) is 33.9 Å². The molecule has 0 N–H and O–H groups in total. The highest BCUT2D eigenvalue weighted by molar-refractivity contribution is 5.60. The van der Waals surface area contributed by atoms with Crippen molar-refractivity contribution >= 4 is 11.4 Å². The van der Waals surface area contributed by atoms with E-state index in [1.165, 1.54) is 6.07 Å². The zero-order chi connectivity index (χ0) is 13.8. The highest BCUT2D eigenvalue weighted by Gasteiger charge is 2.21. The molecule has 1 fully saturated rings. The number of hydrogen-bond acceptors (Lipinski definition) is 5. The number of nitrogens with zero attached hydrogens (tertiary/aromatic N) is 3. The van der Waals surface area contributed by atoms with Crippen molar-refractivity contribution in [2.45, 2.75) is 18.9 Å². The molecule has 0 bridgehead atoms. The number of nitro groups is 1. The van der Waals surface area contributed by atoms with E-state index in [-0.39, 0.29) is 11.3 Å². The molecule has 0 aliphatic carbocycles. The van der Waals surface area contributed by atoms with E-state index in [0.717, 1.165) is 31.7 Å². The van der Waals surface area contributed by atoms with Gasteiger partial charge in [-0.15, -0.1) is 0 Å². The van der Waals surface area contributed by atoms with Crippen LogP contribution in [0.1, 0.15) is 18.4 Å². The minimum Gasteiger partial charge on any atom is -0.381 e. The smallest absolute Gasteiger partial charge is 0.287 e. The summed E-state index contributed by atoms with van der Waals surface area (Å²) in [6, 6.07) is 6.89. The van der Waals surface area contributed by atoms with Crippen LogP contribution < -0.4 is 4.90 Å². The van der Waals surface area contributed by atoms with Gasteiger partial charge in [0.15, 0.2) is 0 Å². The lowest BCUT2D eigenvalue weighted by atomic mass is 10.1. The van der Waals surface area contributed by atoms with Gasteiger partial charge in [0.25, 0.3) is 5.69 Å². The Morgan fingerprint density at radius 3 is 2.74 bits per heavy atom. The van der Waals surface area contributed by atoms with Crippen molar-refractivity contribution in [1.29, 1.82) is 5.26 Å². The van der Waals surface area contributed by atoms with Crippen LogP contribution in [0.4, 0.5) is 11.4 Å². The largest absolute Gasteiger partial charge is 0.381 e. The summed E-state index contributed by atoms with van der Waals surface area (Å²) < 4.78 is 5.31. The lowest BCUT2D eigenvalue weighted by Gasteiger charge is -2.32. The molecule has 1 heterocycles. The molecule has 0 amide bonds. The topological polar surface area (TPSA) is 79.4 Å². The summed E-state index contributed by atoms with van der Waals surface area (Å²) in [5.74, 6) is 0. The Bertz CT molecular complexity index is 518. The van der Waals surface area contributed by atoms with Gasteiger partial charge in [-0.2, -0.15) is 5.26 Å². The Kier molecular flexibility index (Phi) is 3.97. The van der Waals surface area contributed by atoms with Crippen LogP contribution in [0.2, 0.25) is 0 Å². The summed E-state index contributed by atoms with van der Waals surface area (Å²) in [4.78, 5) is 12.3. The maximum Gasteiger partial charge on any atom is 0.287 e. The van der Waals surface area contributed by atoms with Crippen LogP contribution in [-0.4, -0.2) is 31.2 Å². The number of ether oxygens (including phenoxy) is 1. The van der Waals surface area contributed by atoms with Gasteiger partial charge in [0.1, 0.15) is 11.6 Å². The molecule has 0 unspecified atom stereocenters. The fourth-order valence-corrected chi connectivity index (χ4v) is 2.28. The third kappa shape index (κ3) is 2.83. The third-order valence-corrected chi connectivity index (χ3v) is 3.44. The first-order chi connectivity index (χ1) is 9.13. The van der Waals surface area contributed by atoms with Gasteiger partial charge in [0.2, 0.25) is 0 Å². The van der Waals surface area contributed by atoms with Crippen LogP contribution in [0, 0.1) is 21.4 Å². The second-order valence-electron chi connectivity index (χ2n) is 4.52. The molecule has 6 nitrogen and oxygen atoms in total. The average molecular weight is 261 g/mol. The van der Waals surface area contributed by atoms with Gasteiger partial charge >= 0.3 is 0 Å². The van der Waals surface area contributed by atoms with Crippen molar-refractivity contribution in [2.75, 3.05) is 25.2 Å². The van der Waals surface area contributed by atoms with E-state index in [2.05, 4.69) is 4.90 Å². The monoisotopic (exact) mass is 261 g/mol. The molecule has 0 radical (unpaired) electrons. The number of hydrogen-bond donors (Lipinski definition) is 0. The Morgan fingerprint density at radius 2 is 2.16 bits per heavy atom. The van der Waals surface area contributed by atoms with E-state index in [9.17, 15) is 10.1 Å². The Labute approximate surface area is 111 Å². The van der Waals surface area contributed by atoms with Crippen LogP contribution >= 0.6 is 0 Å². The van der Waals surface area contributed by atoms with Crippen LogP contribution in [0.25, 0.3) is 0 Å². The second-order valence-corrected chi connectivity index (χ2v) is 4.52. The summed E-state index contributed by atoms with van der Waals surface area (Å²) in [7, 11) is 1.94. The molecule has 1 aromatic rings. The zero-order valence-electron chi connectivity index (χ0n) is 10.7. The van der Waals surface area contributed by atoms with Gasteiger partial charge in [0.05, 0.1) is 4.92 Å². The Morgan fingerprint density at radius 1 is 1.47 bits per heavy atom. The molecular formula is C13H15N3O3. The van der Waals surface area contributed by atoms with E-state index in [0.29, 0.717) is 6.04 Å². The summed E-state index contributed by atoms with van der Waals surface area (Å²) in [6.07, 6.45) is 1.85. The summed E-state index contributed by atoms with van der Waals surface area (Å²) in [5, 5.41) is 19.8. The molecule has 0 atom stereocenters. The number of benzene rings is 1. The van der Waals surface area contributed by atoms with E-state index in [1.807, 2.05) is 13.1 Å². The highest BCUT2D eigenvalue weighted by atomic mass is 16.6. The molecule has 0 aromatic heterocycles. The summed E-state index contributed by atoms with van der Waals surface area (Å²) in [5.41, 5.74) is 0.780. The molecule has 0 saturated carbocycles. The van der Waals surface area contributed by atoms with Gasteiger partial charge < -0.3 is 9.64 Å². The molecule has 1 aliphatic heterocycles. The first-order valence-corrected chi connectivity index (χ1v) is 6.12. The molecule has 1 aromatic carbocycles. The molecule has 1 aliphatic rings. The van der Waals surface area contributed by atoms with Crippen molar-refractivity contribution in [2.24, 2.45) is 0 Å². The van der Waals surface area contributed by atoms with Gasteiger partial charge in [-0.1, -0.05) is 0 Å². The van der Waals surface area contributed by atoms with Crippen LogP contribution in [0.3, 0.4) is 0 Å². The quantitative estimate of drug-likeness (QED) is 0.614. The third-order valence-electron chi connectivity index (χ3n) is 3.44. The number of rotatable bonds is 3. The van der Waals surface area contributed by atoms with Crippen LogP contribution in [0.15, 0.2) is 18.2 Å².